The highest BCUT2D eigenvalue weighted by atomic mass is 19.4. The van der Waals surface area contributed by atoms with E-state index in [9.17, 15) is 22.8 Å². The first-order valence-corrected chi connectivity index (χ1v) is 13.9. The van der Waals surface area contributed by atoms with E-state index in [0.717, 1.165) is 51.3 Å². The molecule has 13 heteroatoms. The van der Waals surface area contributed by atoms with Crippen molar-refractivity contribution >= 4 is 28.7 Å². The molecule has 2 amide bonds. The van der Waals surface area contributed by atoms with Crippen LogP contribution in [-0.2, 0) is 17.4 Å². The zero-order chi connectivity index (χ0) is 30.4. The van der Waals surface area contributed by atoms with Crippen LogP contribution < -0.4 is 15.4 Å². The van der Waals surface area contributed by atoms with Crippen molar-refractivity contribution in [3.05, 3.63) is 78.2 Å². The fourth-order valence-corrected chi connectivity index (χ4v) is 4.75. The van der Waals surface area contributed by atoms with E-state index in [1.54, 1.807) is 36.5 Å². The van der Waals surface area contributed by atoms with Gasteiger partial charge < -0.3 is 25.2 Å². The lowest BCUT2D eigenvalue weighted by atomic mass is 10.1. The Morgan fingerprint density at radius 1 is 0.953 bits per heavy atom. The Labute approximate surface area is 246 Å². The molecule has 1 aliphatic rings. The minimum atomic E-state index is -4.43. The maximum absolute atomic E-state index is 12.8. The van der Waals surface area contributed by atoms with Crippen molar-refractivity contribution in [2.24, 2.45) is 0 Å². The van der Waals surface area contributed by atoms with Crippen LogP contribution >= 0.6 is 0 Å². The molecule has 0 radical (unpaired) electrons. The molecule has 0 bridgehead atoms. The summed E-state index contributed by atoms with van der Waals surface area (Å²) in [5, 5.41) is 6.22. The molecular formula is C30H32F3N7O3. The summed E-state index contributed by atoms with van der Waals surface area (Å²) in [6.45, 7) is 5.67. The fraction of sp³-hybridized carbons (Fsp3) is 0.333. The monoisotopic (exact) mass is 595 g/mol. The number of hydrogen-bond donors (Lipinski definition) is 2. The zero-order valence-electron chi connectivity index (χ0n) is 23.6. The van der Waals surface area contributed by atoms with Crippen molar-refractivity contribution in [2.45, 2.75) is 19.0 Å². The molecule has 1 fully saturated rings. The third-order valence-electron chi connectivity index (χ3n) is 7.19. The molecule has 4 aromatic rings. The highest BCUT2D eigenvalue weighted by Gasteiger charge is 2.30. The highest BCUT2D eigenvalue weighted by Crippen LogP contribution is 2.30. The number of anilines is 1. The molecular weight excluding hydrogens is 563 g/mol. The Hall–Kier alpha value is -4.49. The third-order valence-corrected chi connectivity index (χ3v) is 7.19. The van der Waals surface area contributed by atoms with Crippen molar-refractivity contribution in [2.75, 3.05) is 51.6 Å². The number of rotatable bonds is 9. The van der Waals surface area contributed by atoms with Crippen molar-refractivity contribution < 1.29 is 27.5 Å². The van der Waals surface area contributed by atoms with Gasteiger partial charge in [-0.25, -0.2) is 14.8 Å². The topological polar surface area (TPSA) is 105 Å². The second-order valence-corrected chi connectivity index (χ2v) is 10.4. The number of benzene rings is 2. The van der Waals surface area contributed by atoms with Gasteiger partial charge in [-0.1, -0.05) is 12.1 Å². The smallest absolute Gasteiger partial charge is 0.416 e. The number of hydrogen-bond acceptors (Lipinski definition) is 7. The SMILES string of the molecule is CN1CCN(CCCNC(=O)n2ccc3c(Oc4ccc(NC(=O)Cc5ccc(C(F)(F)F)cc5)cc4)ncnc32)CC1. The number of nitrogens with one attached hydrogen (secondary N) is 2. The maximum Gasteiger partial charge on any atom is 0.416 e. The predicted molar refractivity (Wildman–Crippen MR) is 155 cm³/mol. The van der Waals surface area contributed by atoms with E-state index in [2.05, 4.69) is 37.4 Å². The molecule has 1 saturated heterocycles. The zero-order valence-corrected chi connectivity index (χ0v) is 23.6. The van der Waals surface area contributed by atoms with Crippen LogP contribution in [0.1, 0.15) is 17.5 Å². The highest BCUT2D eigenvalue weighted by molar-refractivity contribution is 5.93. The molecule has 10 nitrogen and oxygen atoms in total. The summed E-state index contributed by atoms with van der Waals surface area (Å²) in [7, 11) is 2.12. The van der Waals surface area contributed by atoms with Crippen LogP contribution in [0.3, 0.4) is 0 Å². The van der Waals surface area contributed by atoms with E-state index in [1.807, 2.05) is 0 Å². The molecule has 0 spiro atoms. The summed E-state index contributed by atoms with van der Waals surface area (Å²) in [5.74, 6) is 0.345. The molecule has 43 heavy (non-hydrogen) atoms. The summed E-state index contributed by atoms with van der Waals surface area (Å²) >= 11 is 0. The van der Waals surface area contributed by atoms with Gasteiger partial charge in [0.05, 0.1) is 17.4 Å². The summed E-state index contributed by atoms with van der Waals surface area (Å²) < 4.78 is 45.6. The second-order valence-electron chi connectivity index (χ2n) is 10.4. The van der Waals surface area contributed by atoms with Gasteiger partial charge in [-0.05, 0) is 68.0 Å². The minimum absolute atomic E-state index is 0.0733. The maximum atomic E-state index is 12.8. The Morgan fingerprint density at radius 2 is 1.67 bits per heavy atom. The molecule has 1 aliphatic heterocycles. The lowest BCUT2D eigenvalue weighted by Crippen LogP contribution is -2.45. The van der Waals surface area contributed by atoms with E-state index in [-0.39, 0.29) is 24.2 Å². The number of ether oxygens (including phenoxy) is 1. The molecule has 0 aliphatic carbocycles. The predicted octanol–water partition coefficient (Wildman–Crippen LogP) is 4.62. The second kappa shape index (κ2) is 13.2. The summed E-state index contributed by atoms with van der Waals surface area (Å²) in [5.41, 5.74) is 0.603. The van der Waals surface area contributed by atoms with E-state index in [0.29, 0.717) is 34.6 Å². The van der Waals surface area contributed by atoms with Crippen LogP contribution in [0.25, 0.3) is 11.0 Å². The van der Waals surface area contributed by atoms with E-state index >= 15 is 0 Å². The lowest BCUT2D eigenvalue weighted by molar-refractivity contribution is -0.137. The number of nitrogens with zero attached hydrogens (tertiary/aromatic N) is 5. The van der Waals surface area contributed by atoms with Crippen LogP contribution in [0, 0.1) is 0 Å². The van der Waals surface area contributed by atoms with Crippen LogP contribution in [-0.4, -0.2) is 82.6 Å². The summed E-state index contributed by atoms with van der Waals surface area (Å²) in [4.78, 5) is 38.4. The Bertz CT molecular complexity index is 1550. The third kappa shape index (κ3) is 7.87. The quantitative estimate of drug-likeness (QED) is 0.272. The van der Waals surface area contributed by atoms with Crippen LogP contribution in [0.4, 0.5) is 23.7 Å². The van der Waals surface area contributed by atoms with Gasteiger partial charge in [0.1, 0.15) is 12.1 Å². The largest absolute Gasteiger partial charge is 0.438 e. The van der Waals surface area contributed by atoms with Gasteiger partial charge >= 0.3 is 12.2 Å². The number of amides is 2. The molecule has 226 valence electrons. The van der Waals surface area contributed by atoms with Gasteiger partial charge in [-0.3, -0.25) is 9.36 Å². The van der Waals surface area contributed by atoms with Crippen LogP contribution in [0.2, 0.25) is 0 Å². The van der Waals surface area contributed by atoms with Crippen molar-refractivity contribution in [1.82, 2.24) is 29.7 Å². The van der Waals surface area contributed by atoms with Gasteiger partial charge in [0.25, 0.3) is 0 Å². The first-order chi connectivity index (χ1) is 20.7. The van der Waals surface area contributed by atoms with Crippen molar-refractivity contribution in [1.29, 1.82) is 0 Å². The Balaban J connectivity index is 1.13. The average molecular weight is 596 g/mol. The van der Waals surface area contributed by atoms with Crippen LogP contribution in [0.15, 0.2) is 67.1 Å². The van der Waals surface area contributed by atoms with Gasteiger partial charge in [0, 0.05) is 44.6 Å². The van der Waals surface area contributed by atoms with Gasteiger partial charge in [0.2, 0.25) is 11.8 Å². The molecule has 2 N–H and O–H groups in total. The van der Waals surface area contributed by atoms with Gasteiger partial charge in [0.15, 0.2) is 5.65 Å². The van der Waals surface area contributed by atoms with Gasteiger partial charge in [-0.15, -0.1) is 0 Å². The Morgan fingerprint density at radius 3 is 2.37 bits per heavy atom. The number of alkyl halides is 3. The molecule has 2 aromatic carbocycles. The lowest BCUT2D eigenvalue weighted by Gasteiger charge is -2.32. The van der Waals surface area contributed by atoms with Gasteiger partial charge in [-0.2, -0.15) is 13.2 Å². The first-order valence-electron chi connectivity index (χ1n) is 13.9. The molecule has 0 unspecified atom stereocenters. The fourth-order valence-electron chi connectivity index (χ4n) is 4.75. The van der Waals surface area contributed by atoms with Crippen LogP contribution in [0.5, 0.6) is 11.6 Å². The molecule has 2 aromatic heterocycles. The van der Waals surface area contributed by atoms with E-state index in [1.165, 1.54) is 23.0 Å². The van der Waals surface area contributed by atoms with E-state index < -0.39 is 11.7 Å². The summed E-state index contributed by atoms with van der Waals surface area (Å²) in [6.07, 6.45) is -0.702. The molecule has 5 rings (SSSR count). The number of fused-ring (bicyclic) bond motifs is 1. The van der Waals surface area contributed by atoms with Crippen molar-refractivity contribution in [3.63, 3.8) is 0 Å². The number of carbonyl (C=O) groups excluding carboxylic acids is 2. The van der Waals surface area contributed by atoms with Crippen molar-refractivity contribution in [3.8, 4) is 11.6 Å². The normalized spacial score (nSPS) is 14.5. The number of aromatic nitrogens is 3. The molecule has 0 atom stereocenters. The number of likely N-dealkylation sites (N-methyl/N-ethyl adjacent to an activating group) is 1. The summed E-state index contributed by atoms with van der Waals surface area (Å²) in [6, 6.07) is 12.5. The first kappa shape index (κ1) is 30.0. The Kier molecular flexibility index (Phi) is 9.22. The number of carbonyl (C=O) groups is 2. The minimum Gasteiger partial charge on any atom is -0.438 e. The molecule has 0 saturated carbocycles. The van der Waals surface area contributed by atoms with E-state index in [4.69, 9.17) is 4.74 Å². The average Bonchev–Trinajstić information content (AvgIpc) is 3.42. The molecule has 3 heterocycles. The number of halogens is 3. The number of piperazine rings is 1. The standard InChI is InChI=1S/C30H32F3N7O3/c1-38-15-17-39(18-16-38)13-2-12-34-29(42)40-14-11-25-27(40)35-20-36-28(25)43-24-9-7-23(8-10-24)37-26(41)19-21-3-5-22(6-4-21)30(31,32)33/h3-11,14,20H,2,12-13,15-19H2,1H3,(H,34,42)(H,37,41).